The molecule has 0 aromatic carbocycles. The van der Waals surface area contributed by atoms with Gasteiger partial charge in [-0.05, 0) is 4.53 Å². The van der Waals surface area contributed by atoms with Crippen molar-refractivity contribution in [3.8, 4) is 0 Å². The molecule has 0 aromatic heterocycles. The van der Waals surface area contributed by atoms with Crippen LogP contribution in [0, 0.1) is 0 Å². The molecule has 0 rings (SSSR count). The maximum Gasteiger partial charge on any atom is 0.139 e. The summed E-state index contributed by atoms with van der Waals surface area (Å²) in [6.45, 7) is 0. The Labute approximate surface area is 37.2 Å². The average molecular weight is 176 g/mol. The van der Waals surface area contributed by atoms with E-state index < -0.39 is 0 Å². The molecule has 0 N–H and O–H groups in total. The predicted molar refractivity (Wildman–Crippen MR) is 21.1 cm³/mol. The summed E-state index contributed by atoms with van der Waals surface area (Å²) in [5.41, 5.74) is 0. The Hall–Kier alpha value is 0.620. The Balaban J connectivity index is 1.97. The molecule has 0 aliphatic carbocycles. The summed E-state index contributed by atoms with van der Waals surface area (Å²) in [5.74, 6) is 0. The first-order valence-electron chi connectivity index (χ1n) is 0.710. The largest absolute Gasteiger partial charge is 0.184 e. The van der Waals surface area contributed by atoms with Gasteiger partial charge in [0.2, 0.25) is 0 Å². The molecule has 0 unspecified atom stereocenters. The first kappa shape index (κ1) is 4.62. The third-order valence-electron chi connectivity index (χ3n) is 0.0412. The normalized spacial score (nSPS) is 7.50. The topological polar surface area (TPSA) is 9.23 Å². The molecule has 1 nitrogen and oxygen atoms in total. The molecule has 0 heterocycles. The first-order valence-corrected chi connectivity index (χ1v) is 2.24. The van der Waals surface area contributed by atoms with Crippen LogP contribution in [-0.4, -0.2) is 4.61 Å². The SMILES string of the molecule is FOCI. The zero-order valence-electron chi connectivity index (χ0n) is 1.87. The van der Waals surface area contributed by atoms with Gasteiger partial charge in [0, 0.05) is 0 Å². The predicted octanol–water partition coefficient (Wildman–Crippen LogP) is 1.28. The standard InChI is InChI=1S/CH2FIO/c2-4-1-3/h1H2. The Morgan fingerprint density at radius 1 is 2.00 bits per heavy atom. The summed E-state index contributed by atoms with van der Waals surface area (Å²) in [7, 11) is 0. The molecule has 0 aliphatic rings. The molecule has 0 fully saturated rings. The third kappa shape index (κ3) is 2.62. The number of alkyl halides is 1. The van der Waals surface area contributed by atoms with Gasteiger partial charge in [-0.3, -0.25) is 0 Å². The van der Waals surface area contributed by atoms with Crippen molar-refractivity contribution in [1.29, 1.82) is 0 Å². The Kier molecular flexibility index (Phi) is 4.18. The smallest absolute Gasteiger partial charge is 0.139 e. The van der Waals surface area contributed by atoms with Crippen molar-refractivity contribution >= 4 is 22.6 Å². The van der Waals surface area contributed by atoms with Gasteiger partial charge in [-0.25, -0.2) is 0 Å². The molecule has 3 heteroatoms. The van der Waals surface area contributed by atoms with E-state index in [1.807, 2.05) is 0 Å². The lowest BCUT2D eigenvalue weighted by atomic mass is 11.8. The fourth-order valence-electron chi connectivity index (χ4n) is 0. The summed E-state index contributed by atoms with van der Waals surface area (Å²) in [6, 6.07) is 0. The third-order valence-corrected chi connectivity index (χ3v) is 0.277. The zero-order chi connectivity index (χ0) is 3.41. The van der Waals surface area contributed by atoms with Crippen LogP contribution in [0.25, 0.3) is 0 Å². The van der Waals surface area contributed by atoms with Gasteiger partial charge >= 0.3 is 0 Å². The van der Waals surface area contributed by atoms with Gasteiger partial charge in [-0.2, -0.15) is 4.94 Å². The van der Waals surface area contributed by atoms with E-state index in [1.165, 1.54) is 0 Å². The van der Waals surface area contributed by atoms with Crippen LogP contribution in [0.3, 0.4) is 0 Å². The van der Waals surface area contributed by atoms with Crippen molar-refractivity contribution in [3.63, 3.8) is 0 Å². The average Bonchev–Trinajstić information content (AvgIpc) is 1.37. The summed E-state index contributed by atoms with van der Waals surface area (Å²) >= 11 is 1.75. The van der Waals surface area contributed by atoms with E-state index in [1.54, 1.807) is 22.6 Å². The molecule has 0 radical (unpaired) electrons. The van der Waals surface area contributed by atoms with Crippen LogP contribution in [0.15, 0.2) is 0 Å². The van der Waals surface area contributed by atoms with Crippen LogP contribution >= 0.6 is 22.6 Å². The van der Waals surface area contributed by atoms with Gasteiger partial charge in [0.05, 0.1) is 0 Å². The second-order valence-corrected chi connectivity index (χ2v) is 0.841. The summed E-state index contributed by atoms with van der Waals surface area (Å²) < 4.78 is 10.3. The quantitative estimate of drug-likeness (QED) is 0.431. The maximum absolute atomic E-state index is 10.2. The van der Waals surface area contributed by atoms with Crippen LogP contribution in [0.4, 0.5) is 4.53 Å². The minimum Gasteiger partial charge on any atom is -0.184 e. The summed E-state index contributed by atoms with van der Waals surface area (Å²) in [5, 5.41) is 0. The van der Waals surface area contributed by atoms with E-state index >= 15 is 0 Å². The fourth-order valence-corrected chi connectivity index (χ4v) is 0. The number of hydrogen-bond acceptors (Lipinski definition) is 1. The fraction of sp³-hybridized carbons (Fsp3) is 1.00. The van der Waals surface area contributed by atoms with Crippen LogP contribution in [0.5, 0.6) is 0 Å². The highest BCUT2D eigenvalue weighted by Gasteiger charge is 1.60. The second-order valence-electron chi connectivity index (χ2n) is 0.218. The van der Waals surface area contributed by atoms with E-state index in [-0.39, 0.29) is 4.61 Å². The van der Waals surface area contributed by atoms with Gasteiger partial charge in [-0.15, -0.1) is 0 Å². The monoisotopic (exact) mass is 176 g/mol. The highest BCUT2D eigenvalue weighted by atomic mass is 127. The van der Waals surface area contributed by atoms with Gasteiger partial charge in [-0.1, -0.05) is 22.6 Å². The first-order chi connectivity index (χ1) is 1.91. The lowest BCUT2D eigenvalue weighted by Gasteiger charge is -1.66. The molecule has 0 saturated carbocycles. The number of rotatable bonds is 1. The van der Waals surface area contributed by atoms with Gasteiger partial charge in [0.25, 0.3) is 0 Å². The summed E-state index contributed by atoms with van der Waals surface area (Å²) in [4.78, 5) is 3.03. The van der Waals surface area contributed by atoms with Crippen molar-refractivity contribution in [3.05, 3.63) is 0 Å². The molecule has 4 heavy (non-hydrogen) atoms. The Morgan fingerprint density at radius 2 is 2.25 bits per heavy atom. The van der Waals surface area contributed by atoms with Gasteiger partial charge in [0.1, 0.15) is 4.61 Å². The van der Waals surface area contributed by atoms with E-state index in [2.05, 4.69) is 4.94 Å². The summed E-state index contributed by atoms with van der Waals surface area (Å²) in [6.07, 6.45) is 0. The molecule has 0 aromatic rings. The van der Waals surface area contributed by atoms with E-state index in [0.717, 1.165) is 0 Å². The van der Waals surface area contributed by atoms with Crippen LogP contribution < -0.4 is 0 Å². The van der Waals surface area contributed by atoms with Crippen LogP contribution in [0.1, 0.15) is 0 Å². The molecule has 0 spiro atoms. The van der Waals surface area contributed by atoms with Crippen molar-refractivity contribution in [1.82, 2.24) is 0 Å². The minimum absolute atomic E-state index is 0.123. The lowest BCUT2D eigenvalue weighted by molar-refractivity contribution is -0.101. The molecule has 0 amide bonds. The molecule has 0 saturated heterocycles. The highest BCUT2D eigenvalue weighted by Crippen LogP contribution is 1.79. The van der Waals surface area contributed by atoms with Gasteiger partial charge in [0.15, 0.2) is 0 Å². The maximum atomic E-state index is 10.2. The molecule has 26 valence electrons. The number of hydrogen-bond donors (Lipinski definition) is 0. The van der Waals surface area contributed by atoms with Crippen molar-refractivity contribution in [2.24, 2.45) is 0 Å². The van der Waals surface area contributed by atoms with E-state index in [4.69, 9.17) is 0 Å². The molecular weight excluding hydrogens is 174 g/mol. The highest BCUT2D eigenvalue weighted by molar-refractivity contribution is 14.1. The Morgan fingerprint density at radius 3 is 2.25 bits per heavy atom. The van der Waals surface area contributed by atoms with Crippen molar-refractivity contribution < 1.29 is 9.47 Å². The number of halogens is 2. The lowest BCUT2D eigenvalue weighted by Crippen LogP contribution is -1.59. The molecule has 0 bridgehead atoms. The molecule has 0 aliphatic heterocycles. The van der Waals surface area contributed by atoms with Crippen molar-refractivity contribution in [2.45, 2.75) is 0 Å². The molecule has 0 atom stereocenters. The Bertz CT molecular complexity index is 10.0. The zero-order valence-corrected chi connectivity index (χ0v) is 4.03. The van der Waals surface area contributed by atoms with Crippen LogP contribution in [-0.2, 0) is 4.94 Å². The van der Waals surface area contributed by atoms with E-state index in [9.17, 15) is 4.53 Å². The minimum atomic E-state index is 0.123. The molecular formula is CH2FIO. The van der Waals surface area contributed by atoms with E-state index in [0.29, 0.717) is 0 Å². The van der Waals surface area contributed by atoms with Crippen molar-refractivity contribution in [2.75, 3.05) is 4.61 Å². The second kappa shape index (κ2) is 3.62. The van der Waals surface area contributed by atoms with Gasteiger partial charge < -0.3 is 0 Å². The van der Waals surface area contributed by atoms with Crippen LogP contribution in [0.2, 0.25) is 0 Å².